The summed E-state index contributed by atoms with van der Waals surface area (Å²) in [6.07, 6.45) is 0.845. The van der Waals surface area contributed by atoms with Crippen LogP contribution >= 0.6 is 11.6 Å². The summed E-state index contributed by atoms with van der Waals surface area (Å²) >= 11 is 5.86. The van der Waals surface area contributed by atoms with Crippen LogP contribution in [0.2, 0.25) is 0 Å². The molecule has 5 heteroatoms. The fourth-order valence-electron chi connectivity index (χ4n) is 1.71. The lowest BCUT2D eigenvalue weighted by atomic mass is 10.0. The molecule has 0 aliphatic carbocycles. The van der Waals surface area contributed by atoms with E-state index in [0.29, 0.717) is 25.0 Å². The summed E-state index contributed by atoms with van der Waals surface area (Å²) in [5.41, 5.74) is 2.22. The third-order valence-electron chi connectivity index (χ3n) is 2.68. The second-order valence-corrected chi connectivity index (χ2v) is 4.18. The van der Waals surface area contributed by atoms with Gasteiger partial charge in [0.25, 0.3) is 0 Å². The number of hydrogen-bond acceptors (Lipinski definition) is 4. The molecule has 0 atom stereocenters. The maximum atomic E-state index is 11.4. The molecule has 0 heterocycles. The Balaban J connectivity index is 2.79. The zero-order valence-corrected chi connectivity index (χ0v) is 11.8. The number of esters is 2. The highest BCUT2D eigenvalue weighted by molar-refractivity contribution is 6.17. The first kappa shape index (κ1) is 15.5. The number of rotatable bonds is 6. The van der Waals surface area contributed by atoms with Crippen LogP contribution in [-0.2, 0) is 26.6 Å². The van der Waals surface area contributed by atoms with Crippen molar-refractivity contribution in [1.82, 2.24) is 0 Å². The van der Waals surface area contributed by atoms with E-state index in [-0.39, 0.29) is 11.8 Å². The van der Waals surface area contributed by atoms with E-state index in [1.807, 2.05) is 0 Å². The maximum Gasteiger partial charge on any atom is 0.337 e. The van der Waals surface area contributed by atoms with Crippen molar-refractivity contribution in [1.29, 1.82) is 0 Å². The molecular weight excluding hydrogens is 268 g/mol. The third kappa shape index (κ3) is 4.56. The summed E-state index contributed by atoms with van der Waals surface area (Å²) in [4.78, 5) is 22.7. The molecule has 0 bridgehead atoms. The number of methoxy groups -OCH3 is 1. The summed E-state index contributed by atoms with van der Waals surface area (Å²) < 4.78 is 9.52. The summed E-state index contributed by atoms with van der Waals surface area (Å²) in [6, 6.07) is 5.16. The van der Waals surface area contributed by atoms with Gasteiger partial charge in [-0.1, -0.05) is 6.07 Å². The van der Waals surface area contributed by atoms with E-state index in [9.17, 15) is 9.59 Å². The minimum Gasteiger partial charge on any atom is -0.466 e. The van der Waals surface area contributed by atoms with Crippen LogP contribution in [0.15, 0.2) is 18.2 Å². The van der Waals surface area contributed by atoms with E-state index in [0.717, 1.165) is 11.1 Å². The predicted octanol–water partition coefficient (Wildman–Crippen LogP) is 2.71. The molecule has 0 spiro atoms. The highest BCUT2D eigenvalue weighted by Crippen LogP contribution is 2.17. The largest absolute Gasteiger partial charge is 0.466 e. The number of alkyl halides is 1. The predicted molar refractivity (Wildman–Crippen MR) is 72.3 cm³/mol. The smallest absolute Gasteiger partial charge is 0.337 e. The monoisotopic (exact) mass is 284 g/mol. The van der Waals surface area contributed by atoms with Crippen molar-refractivity contribution in [2.24, 2.45) is 0 Å². The molecule has 0 unspecified atom stereocenters. The number of carbonyl (C=O) groups excluding carboxylic acids is 2. The molecule has 0 aliphatic heterocycles. The van der Waals surface area contributed by atoms with Crippen molar-refractivity contribution < 1.29 is 19.1 Å². The average Bonchev–Trinajstić information content (AvgIpc) is 2.44. The first-order valence-electron chi connectivity index (χ1n) is 6.04. The number of halogens is 1. The topological polar surface area (TPSA) is 52.6 Å². The Hall–Kier alpha value is -1.55. The first-order chi connectivity index (χ1) is 9.12. The first-order valence-corrected chi connectivity index (χ1v) is 6.57. The lowest BCUT2D eigenvalue weighted by Gasteiger charge is -2.09. The molecular formula is C14H17ClO4. The molecule has 1 aromatic rings. The van der Waals surface area contributed by atoms with E-state index in [1.54, 1.807) is 25.1 Å². The standard InChI is InChI=1S/C14H17ClO4/c1-3-19-13(16)7-6-10-4-5-11(14(17)18-2)8-12(10)9-15/h4-5,8H,3,6-7,9H2,1-2H3. The van der Waals surface area contributed by atoms with Gasteiger partial charge in [-0.15, -0.1) is 11.6 Å². The van der Waals surface area contributed by atoms with Gasteiger partial charge in [0.15, 0.2) is 0 Å². The van der Waals surface area contributed by atoms with Crippen LogP contribution in [0.4, 0.5) is 0 Å². The zero-order chi connectivity index (χ0) is 14.3. The molecule has 19 heavy (non-hydrogen) atoms. The molecule has 1 rings (SSSR count). The van der Waals surface area contributed by atoms with Crippen molar-refractivity contribution in [3.63, 3.8) is 0 Å². The Kier molecular flexibility index (Phi) is 6.36. The van der Waals surface area contributed by atoms with Gasteiger partial charge < -0.3 is 9.47 Å². The number of aryl methyl sites for hydroxylation is 1. The Morgan fingerprint density at radius 1 is 1.26 bits per heavy atom. The Morgan fingerprint density at radius 3 is 2.58 bits per heavy atom. The average molecular weight is 285 g/mol. The summed E-state index contributed by atoms with van der Waals surface area (Å²) in [5, 5.41) is 0. The van der Waals surface area contributed by atoms with Crippen molar-refractivity contribution in [2.75, 3.05) is 13.7 Å². The molecule has 4 nitrogen and oxygen atoms in total. The number of ether oxygens (including phenoxy) is 2. The molecule has 0 fully saturated rings. The second kappa shape index (κ2) is 7.79. The molecule has 0 saturated carbocycles. The van der Waals surface area contributed by atoms with Crippen molar-refractivity contribution in [2.45, 2.75) is 25.6 Å². The van der Waals surface area contributed by atoms with Gasteiger partial charge in [0.1, 0.15) is 0 Å². The van der Waals surface area contributed by atoms with Crippen LogP contribution in [0.5, 0.6) is 0 Å². The molecule has 104 valence electrons. The quantitative estimate of drug-likeness (QED) is 0.595. The Labute approximate surface area is 117 Å². The van der Waals surface area contributed by atoms with Gasteiger partial charge in [0, 0.05) is 12.3 Å². The molecule has 0 saturated heterocycles. The van der Waals surface area contributed by atoms with Gasteiger partial charge in [-0.05, 0) is 36.6 Å². The van der Waals surface area contributed by atoms with Crippen LogP contribution in [0.3, 0.4) is 0 Å². The molecule has 0 amide bonds. The maximum absolute atomic E-state index is 11.4. The third-order valence-corrected chi connectivity index (χ3v) is 2.96. The minimum atomic E-state index is -0.400. The summed E-state index contributed by atoms with van der Waals surface area (Å²) in [5.74, 6) is -0.355. The zero-order valence-electron chi connectivity index (χ0n) is 11.1. The van der Waals surface area contributed by atoms with Crippen LogP contribution in [0, 0.1) is 0 Å². The highest BCUT2D eigenvalue weighted by Gasteiger charge is 2.11. The van der Waals surface area contributed by atoms with E-state index in [4.69, 9.17) is 16.3 Å². The molecule has 0 radical (unpaired) electrons. The molecule has 0 aliphatic rings. The fourth-order valence-corrected chi connectivity index (χ4v) is 1.96. The number of hydrogen-bond donors (Lipinski definition) is 0. The van der Waals surface area contributed by atoms with Crippen LogP contribution in [0.1, 0.15) is 34.8 Å². The van der Waals surface area contributed by atoms with Gasteiger partial charge in [-0.3, -0.25) is 4.79 Å². The fraction of sp³-hybridized carbons (Fsp3) is 0.429. The van der Waals surface area contributed by atoms with Crippen molar-refractivity contribution in [3.8, 4) is 0 Å². The highest BCUT2D eigenvalue weighted by atomic mass is 35.5. The lowest BCUT2D eigenvalue weighted by molar-refractivity contribution is -0.143. The van der Waals surface area contributed by atoms with Crippen LogP contribution in [0.25, 0.3) is 0 Å². The van der Waals surface area contributed by atoms with Gasteiger partial charge in [-0.2, -0.15) is 0 Å². The Bertz CT molecular complexity index is 457. The Morgan fingerprint density at radius 2 is 2.00 bits per heavy atom. The summed E-state index contributed by atoms with van der Waals surface area (Å²) in [7, 11) is 1.33. The number of benzene rings is 1. The van der Waals surface area contributed by atoms with Gasteiger partial charge in [0.05, 0.1) is 19.3 Å². The van der Waals surface area contributed by atoms with Crippen molar-refractivity contribution >= 4 is 23.5 Å². The molecule has 0 N–H and O–H groups in total. The molecule has 1 aromatic carbocycles. The van der Waals surface area contributed by atoms with Crippen LogP contribution < -0.4 is 0 Å². The lowest BCUT2D eigenvalue weighted by Crippen LogP contribution is -2.07. The minimum absolute atomic E-state index is 0.236. The van der Waals surface area contributed by atoms with E-state index >= 15 is 0 Å². The van der Waals surface area contributed by atoms with E-state index in [1.165, 1.54) is 7.11 Å². The number of carbonyl (C=O) groups is 2. The molecule has 0 aromatic heterocycles. The SMILES string of the molecule is CCOC(=O)CCc1ccc(C(=O)OC)cc1CCl. The van der Waals surface area contributed by atoms with Crippen LogP contribution in [-0.4, -0.2) is 25.7 Å². The normalized spacial score (nSPS) is 10.1. The summed E-state index contributed by atoms with van der Waals surface area (Å²) in [6.45, 7) is 2.15. The van der Waals surface area contributed by atoms with E-state index in [2.05, 4.69) is 4.74 Å². The van der Waals surface area contributed by atoms with Crippen molar-refractivity contribution in [3.05, 3.63) is 34.9 Å². The van der Waals surface area contributed by atoms with Gasteiger partial charge >= 0.3 is 11.9 Å². The second-order valence-electron chi connectivity index (χ2n) is 3.91. The van der Waals surface area contributed by atoms with Gasteiger partial charge in [0.2, 0.25) is 0 Å². The van der Waals surface area contributed by atoms with Gasteiger partial charge in [-0.25, -0.2) is 4.79 Å². The van der Waals surface area contributed by atoms with E-state index < -0.39 is 5.97 Å².